The van der Waals surface area contributed by atoms with Crippen LogP contribution in [0, 0.1) is 13.8 Å². The summed E-state index contributed by atoms with van der Waals surface area (Å²) in [6.45, 7) is 6.05. The van der Waals surface area contributed by atoms with Crippen LogP contribution in [0.1, 0.15) is 36.0 Å². The van der Waals surface area contributed by atoms with Gasteiger partial charge in [-0.25, -0.2) is 13.2 Å². The minimum atomic E-state index is -4.08. The van der Waals surface area contributed by atoms with Gasteiger partial charge in [0.15, 0.2) is 0 Å². The number of anilines is 2. The molecule has 0 unspecified atom stereocenters. The molecule has 3 aromatic carbocycles. The Labute approximate surface area is 284 Å². The van der Waals surface area contributed by atoms with Gasteiger partial charge in [-0.05, 0) is 100 Å². The highest BCUT2D eigenvalue weighted by molar-refractivity contribution is 9.10. The van der Waals surface area contributed by atoms with Crippen molar-refractivity contribution in [2.75, 3.05) is 41.9 Å². The third-order valence-corrected chi connectivity index (χ3v) is 13.3. The summed E-state index contributed by atoms with van der Waals surface area (Å²) in [5.41, 5.74) is 4.04. The number of benzene rings is 3. The molecule has 5 aromatic rings. The number of hydrogen-bond acceptors (Lipinski definition) is 7. The lowest BCUT2D eigenvalue weighted by Crippen LogP contribution is -2.49. The summed E-state index contributed by atoms with van der Waals surface area (Å²) < 4.78 is 32.2. The minimum Gasteiger partial charge on any atom is -0.477 e. The Morgan fingerprint density at radius 2 is 1.65 bits per heavy atom. The van der Waals surface area contributed by atoms with Crippen LogP contribution in [-0.4, -0.2) is 63.0 Å². The number of para-hydroxylation sites is 2. The third-order valence-electron chi connectivity index (χ3n) is 8.40. The number of nitrogens with zero attached hydrogens (tertiary/aromatic N) is 3. The number of aromatic carboxylic acids is 1. The maximum Gasteiger partial charge on any atom is 0.346 e. The molecular weight excluding hydrogens is 706 g/mol. The van der Waals surface area contributed by atoms with E-state index in [9.17, 15) is 23.1 Å². The number of carboxylic acids is 1. The number of piperazine rings is 1. The molecule has 0 aliphatic carbocycles. The van der Waals surface area contributed by atoms with Crippen LogP contribution in [-0.2, 0) is 16.4 Å². The number of aryl methyl sites for hydroxylation is 2. The molecule has 1 saturated heterocycles. The second-order valence-electron chi connectivity index (χ2n) is 11.1. The summed E-state index contributed by atoms with van der Waals surface area (Å²) in [4.78, 5) is 29.9. The number of rotatable bonds is 9. The standard InChI is InChI=1S/C34H32BrN3O5S3/c1-22-7-3-4-8-24(22)13-15-38(46(42,43)25-11-12-30-26(21-25)23(2)31(45-30)34(40)41)29-10-6-5-9-28(29)36-16-18-37(19-17-36)33(39)32-27(35)14-20-44-32/h3-12,14,20-21H,13,15-19H2,1-2H3,(H,40,41). The molecule has 1 N–H and O–H groups in total. The molecule has 0 spiro atoms. The van der Waals surface area contributed by atoms with Gasteiger partial charge in [-0.2, -0.15) is 0 Å². The number of carbonyl (C=O) groups is 2. The molecule has 12 heteroatoms. The number of halogens is 1. The van der Waals surface area contributed by atoms with Crippen molar-refractivity contribution in [1.29, 1.82) is 0 Å². The molecule has 1 aliphatic rings. The molecule has 0 bridgehead atoms. The second kappa shape index (κ2) is 13.2. The summed E-state index contributed by atoms with van der Waals surface area (Å²) in [5.74, 6) is -1.04. The summed E-state index contributed by atoms with van der Waals surface area (Å²) in [5, 5.41) is 12.2. The molecule has 1 amide bonds. The molecule has 0 saturated carbocycles. The lowest BCUT2D eigenvalue weighted by atomic mass is 10.1. The predicted molar refractivity (Wildman–Crippen MR) is 190 cm³/mol. The van der Waals surface area contributed by atoms with Crippen LogP contribution in [0.25, 0.3) is 10.1 Å². The summed E-state index contributed by atoms with van der Waals surface area (Å²) in [6.07, 6.45) is 0.501. The second-order valence-corrected chi connectivity index (χ2v) is 15.8. The Morgan fingerprint density at radius 3 is 2.35 bits per heavy atom. The van der Waals surface area contributed by atoms with E-state index >= 15 is 0 Å². The number of amides is 1. The van der Waals surface area contributed by atoms with Crippen molar-refractivity contribution >= 4 is 82.0 Å². The number of carboxylic acid groups (broad SMARTS) is 1. The fourth-order valence-electron chi connectivity index (χ4n) is 5.86. The average Bonchev–Trinajstić information content (AvgIpc) is 3.64. The van der Waals surface area contributed by atoms with Gasteiger partial charge >= 0.3 is 5.97 Å². The normalized spacial score (nSPS) is 13.7. The Kier molecular flexibility index (Phi) is 9.24. The van der Waals surface area contributed by atoms with Crippen molar-refractivity contribution in [1.82, 2.24) is 4.90 Å². The van der Waals surface area contributed by atoms with Crippen molar-refractivity contribution in [2.45, 2.75) is 25.2 Å². The summed E-state index contributed by atoms with van der Waals surface area (Å²) >= 11 is 6.02. The van der Waals surface area contributed by atoms with Crippen LogP contribution in [0.15, 0.2) is 87.5 Å². The molecule has 2 aromatic heterocycles. The van der Waals surface area contributed by atoms with Crippen LogP contribution in [0.2, 0.25) is 0 Å². The van der Waals surface area contributed by atoms with E-state index < -0.39 is 16.0 Å². The Morgan fingerprint density at radius 1 is 0.935 bits per heavy atom. The first-order valence-electron chi connectivity index (χ1n) is 14.8. The highest BCUT2D eigenvalue weighted by Gasteiger charge is 2.31. The van der Waals surface area contributed by atoms with Crippen molar-refractivity contribution in [3.8, 4) is 0 Å². The monoisotopic (exact) mass is 737 g/mol. The van der Waals surface area contributed by atoms with E-state index in [0.717, 1.165) is 37.3 Å². The van der Waals surface area contributed by atoms with Gasteiger partial charge in [-0.1, -0.05) is 36.4 Å². The fourth-order valence-corrected chi connectivity index (χ4v) is 9.90. The number of sulfonamides is 1. The van der Waals surface area contributed by atoms with Crippen molar-refractivity contribution in [3.05, 3.63) is 109 Å². The molecule has 3 heterocycles. The number of hydrogen-bond donors (Lipinski definition) is 1. The van der Waals surface area contributed by atoms with Gasteiger partial charge in [0.25, 0.3) is 15.9 Å². The zero-order valence-corrected chi connectivity index (χ0v) is 29.3. The van der Waals surface area contributed by atoms with Gasteiger partial charge in [0, 0.05) is 41.9 Å². The minimum absolute atomic E-state index is 0.0117. The van der Waals surface area contributed by atoms with E-state index in [2.05, 4.69) is 20.8 Å². The van der Waals surface area contributed by atoms with Gasteiger partial charge in [-0.15, -0.1) is 22.7 Å². The lowest BCUT2D eigenvalue weighted by molar-refractivity contribution is 0.0700. The Hall–Kier alpha value is -3.71. The third kappa shape index (κ3) is 6.18. The zero-order valence-electron chi connectivity index (χ0n) is 25.3. The molecule has 1 aliphatic heterocycles. The highest BCUT2D eigenvalue weighted by atomic mass is 79.9. The van der Waals surface area contributed by atoms with Gasteiger partial charge in [0.05, 0.1) is 16.3 Å². The number of thiophene rings is 2. The van der Waals surface area contributed by atoms with Crippen molar-refractivity contribution < 1.29 is 23.1 Å². The van der Waals surface area contributed by atoms with Gasteiger partial charge in [0.2, 0.25) is 0 Å². The maximum atomic E-state index is 14.6. The smallest absolute Gasteiger partial charge is 0.346 e. The van der Waals surface area contributed by atoms with E-state index in [4.69, 9.17) is 0 Å². The fraction of sp³-hybridized carbons (Fsp3) is 0.235. The van der Waals surface area contributed by atoms with Crippen LogP contribution in [0.4, 0.5) is 11.4 Å². The molecule has 0 atom stereocenters. The van der Waals surface area contributed by atoms with Crippen molar-refractivity contribution in [3.63, 3.8) is 0 Å². The quantitative estimate of drug-likeness (QED) is 0.169. The Bertz CT molecular complexity index is 2050. The maximum absolute atomic E-state index is 14.6. The molecule has 0 radical (unpaired) electrons. The predicted octanol–water partition coefficient (Wildman–Crippen LogP) is 7.44. The van der Waals surface area contributed by atoms with Gasteiger partial charge in [-0.3, -0.25) is 9.10 Å². The summed E-state index contributed by atoms with van der Waals surface area (Å²) in [7, 11) is -4.08. The first kappa shape index (κ1) is 32.2. The Balaban J connectivity index is 1.36. The van der Waals surface area contributed by atoms with Crippen molar-refractivity contribution in [2.24, 2.45) is 0 Å². The molecule has 6 rings (SSSR count). The summed E-state index contributed by atoms with van der Waals surface area (Å²) in [6, 6.07) is 22.2. The lowest BCUT2D eigenvalue weighted by Gasteiger charge is -2.38. The molecule has 1 fully saturated rings. The molecule has 46 heavy (non-hydrogen) atoms. The average molecular weight is 739 g/mol. The SMILES string of the molecule is Cc1ccccc1CCN(c1ccccc1N1CCN(C(=O)c2sccc2Br)CC1)S(=O)(=O)c1ccc2sc(C(=O)O)c(C)c2c1. The van der Waals surface area contributed by atoms with Crippen LogP contribution in [0.5, 0.6) is 0 Å². The topological polar surface area (TPSA) is 98.2 Å². The van der Waals surface area contributed by atoms with Crippen LogP contribution < -0.4 is 9.21 Å². The highest BCUT2D eigenvalue weighted by Crippen LogP contribution is 2.37. The van der Waals surface area contributed by atoms with Crippen LogP contribution in [0.3, 0.4) is 0 Å². The van der Waals surface area contributed by atoms with Crippen LogP contribution >= 0.6 is 38.6 Å². The van der Waals surface area contributed by atoms with E-state index in [-0.39, 0.29) is 22.2 Å². The molecule has 238 valence electrons. The number of fused-ring (bicyclic) bond motifs is 1. The van der Waals surface area contributed by atoms with Gasteiger partial charge < -0.3 is 14.9 Å². The first-order valence-corrected chi connectivity index (χ1v) is 18.7. The van der Waals surface area contributed by atoms with Gasteiger partial charge in [0.1, 0.15) is 9.75 Å². The van der Waals surface area contributed by atoms with E-state index in [1.165, 1.54) is 15.6 Å². The zero-order chi connectivity index (χ0) is 32.6. The van der Waals surface area contributed by atoms with E-state index in [0.29, 0.717) is 54.1 Å². The first-order chi connectivity index (χ1) is 22.1. The molecular formula is C34H32BrN3O5S3. The number of carbonyl (C=O) groups excluding carboxylic acids is 1. The van der Waals surface area contributed by atoms with E-state index in [1.807, 2.05) is 71.8 Å². The largest absolute Gasteiger partial charge is 0.477 e. The van der Waals surface area contributed by atoms with E-state index in [1.54, 1.807) is 25.1 Å². The molecule has 8 nitrogen and oxygen atoms in total.